The number of sulfone groups is 2. The van der Waals surface area contributed by atoms with Crippen LogP contribution in [0.5, 0.6) is 0 Å². The molecule has 2 aromatic rings. The molecule has 27 heavy (non-hydrogen) atoms. The molecule has 8 heteroatoms. The standard InChI is InChI=1S/C19H24O6S2/c1-2-25-15-16(20)13-14-19(26(21,22)17-9-5-3-6-10-17)27(23,24)18-11-7-4-8-12-18/h3-12,16,19-20H,2,13-15H2,1H3. The second-order valence-corrected chi connectivity index (χ2v) is 10.6. The summed E-state index contributed by atoms with van der Waals surface area (Å²) in [5, 5.41) is 9.99. The third kappa shape index (κ3) is 5.38. The highest BCUT2D eigenvalue weighted by molar-refractivity contribution is 8.09. The van der Waals surface area contributed by atoms with Gasteiger partial charge in [-0.15, -0.1) is 0 Å². The van der Waals surface area contributed by atoms with Crippen molar-refractivity contribution in [2.45, 2.75) is 40.2 Å². The predicted molar refractivity (Wildman–Crippen MR) is 103 cm³/mol. The van der Waals surface area contributed by atoms with E-state index in [4.69, 9.17) is 4.74 Å². The minimum absolute atomic E-state index is 0.0111. The number of rotatable bonds is 10. The van der Waals surface area contributed by atoms with Gasteiger partial charge >= 0.3 is 0 Å². The normalized spacial score (nSPS) is 13.6. The van der Waals surface area contributed by atoms with Crippen molar-refractivity contribution in [3.05, 3.63) is 60.7 Å². The Morgan fingerprint density at radius 3 is 1.67 bits per heavy atom. The average molecular weight is 413 g/mol. The summed E-state index contributed by atoms with van der Waals surface area (Å²) in [7, 11) is -8.33. The van der Waals surface area contributed by atoms with E-state index in [1.165, 1.54) is 24.3 Å². The highest BCUT2D eigenvalue weighted by Crippen LogP contribution is 2.29. The summed E-state index contributed by atoms with van der Waals surface area (Å²) in [6.45, 7) is 2.21. The molecule has 0 aliphatic rings. The van der Waals surface area contributed by atoms with E-state index in [1.54, 1.807) is 43.3 Å². The first-order valence-corrected chi connectivity index (χ1v) is 11.7. The molecule has 0 spiro atoms. The van der Waals surface area contributed by atoms with Crippen molar-refractivity contribution in [2.24, 2.45) is 0 Å². The van der Waals surface area contributed by atoms with Crippen molar-refractivity contribution in [3.8, 4) is 0 Å². The second kappa shape index (κ2) is 9.45. The SMILES string of the molecule is CCOCC(O)CCC(S(=O)(=O)c1ccccc1)S(=O)(=O)c1ccccc1. The molecule has 0 saturated carbocycles. The van der Waals surface area contributed by atoms with E-state index in [-0.39, 0.29) is 29.2 Å². The van der Waals surface area contributed by atoms with Gasteiger partial charge in [0, 0.05) is 6.61 Å². The van der Waals surface area contributed by atoms with Crippen LogP contribution in [0.15, 0.2) is 70.5 Å². The van der Waals surface area contributed by atoms with Crippen LogP contribution in [-0.4, -0.2) is 45.8 Å². The third-order valence-electron chi connectivity index (χ3n) is 4.09. The molecule has 0 radical (unpaired) electrons. The van der Waals surface area contributed by atoms with Gasteiger partial charge in [0.25, 0.3) is 0 Å². The fourth-order valence-corrected chi connectivity index (χ4v) is 7.24. The van der Waals surface area contributed by atoms with E-state index in [0.29, 0.717) is 6.61 Å². The van der Waals surface area contributed by atoms with E-state index >= 15 is 0 Å². The molecule has 0 aliphatic heterocycles. The van der Waals surface area contributed by atoms with Gasteiger partial charge in [-0.05, 0) is 44.0 Å². The van der Waals surface area contributed by atoms with Crippen LogP contribution in [0.4, 0.5) is 0 Å². The van der Waals surface area contributed by atoms with Gasteiger partial charge in [0.1, 0.15) is 0 Å². The molecule has 2 aromatic carbocycles. The van der Waals surface area contributed by atoms with Crippen LogP contribution in [0.1, 0.15) is 19.8 Å². The lowest BCUT2D eigenvalue weighted by Crippen LogP contribution is -2.32. The average Bonchev–Trinajstić information content (AvgIpc) is 2.67. The monoisotopic (exact) mass is 412 g/mol. The smallest absolute Gasteiger partial charge is 0.195 e. The zero-order valence-corrected chi connectivity index (χ0v) is 16.7. The van der Waals surface area contributed by atoms with Crippen molar-refractivity contribution in [3.63, 3.8) is 0 Å². The number of aliphatic hydroxyl groups excluding tert-OH is 1. The Hall–Kier alpha value is -1.74. The summed E-state index contributed by atoms with van der Waals surface area (Å²) in [5.41, 5.74) is 0. The largest absolute Gasteiger partial charge is 0.391 e. The van der Waals surface area contributed by atoms with Gasteiger partial charge in [-0.1, -0.05) is 36.4 Å². The predicted octanol–water partition coefficient (Wildman–Crippen LogP) is 2.44. The summed E-state index contributed by atoms with van der Waals surface area (Å²) < 4.78 is 55.8. The van der Waals surface area contributed by atoms with Crippen LogP contribution in [0, 0.1) is 0 Å². The number of benzene rings is 2. The van der Waals surface area contributed by atoms with Crippen LogP contribution >= 0.6 is 0 Å². The lowest BCUT2D eigenvalue weighted by Gasteiger charge is -2.20. The van der Waals surface area contributed by atoms with Crippen molar-refractivity contribution in [1.29, 1.82) is 0 Å². The van der Waals surface area contributed by atoms with Crippen LogP contribution in [-0.2, 0) is 24.4 Å². The molecule has 2 rings (SSSR count). The first-order chi connectivity index (χ1) is 12.8. The van der Waals surface area contributed by atoms with E-state index < -0.39 is 30.4 Å². The Morgan fingerprint density at radius 1 is 0.815 bits per heavy atom. The van der Waals surface area contributed by atoms with Crippen molar-refractivity contribution < 1.29 is 26.7 Å². The third-order valence-corrected chi connectivity index (χ3v) is 9.32. The Balaban J connectivity index is 2.40. The van der Waals surface area contributed by atoms with Gasteiger partial charge in [-0.3, -0.25) is 0 Å². The summed E-state index contributed by atoms with van der Waals surface area (Å²) in [5.74, 6) is 0. The van der Waals surface area contributed by atoms with Crippen molar-refractivity contribution in [2.75, 3.05) is 13.2 Å². The molecule has 1 unspecified atom stereocenters. The topological polar surface area (TPSA) is 97.7 Å². The Kier molecular flexibility index (Phi) is 7.55. The summed E-state index contributed by atoms with van der Waals surface area (Å²) >= 11 is 0. The number of ether oxygens (including phenoxy) is 1. The van der Waals surface area contributed by atoms with Crippen LogP contribution in [0.3, 0.4) is 0 Å². The minimum Gasteiger partial charge on any atom is -0.391 e. The molecule has 0 bridgehead atoms. The summed E-state index contributed by atoms with van der Waals surface area (Å²) in [6.07, 6.45) is -1.18. The molecule has 1 N–H and O–H groups in total. The van der Waals surface area contributed by atoms with Crippen molar-refractivity contribution in [1.82, 2.24) is 0 Å². The highest BCUT2D eigenvalue weighted by Gasteiger charge is 2.39. The van der Waals surface area contributed by atoms with Gasteiger partial charge in [0.05, 0.1) is 22.5 Å². The molecule has 0 heterocycles. The fourth-order valence-electron chi connectivity index (χ4n) is 2.67. The van der Waals surface area contributed by atoms with Crippen LogP contribution in [0.25, 0.3) is 0 Å². The van der Waals surface area contributed by atoms with E-state index in [9.17, 15) is 21.9 Å². The molecular formula is C19H24O6S2. The number of hydrogen-bond donors (Lipinski definition) is 1. The molecule has 0 saturated heterocycles. The molecule has 148 valence electrons. The Bertz CT molecular complexity index is 840. The van der Waals surface area contributed by atoms with E-state index in [1.807, 2.05) is 0 Å². The van der Waals surface area contributed by atoms with Gasteiger partial charge in [0.15, 0.2) is 24.3 Å². The van der Waals surface area contributed by atoms with Gasteiger partial charge in [-0.2, -0.15) is 0 Å². The minimum atomic E-state index is -4.16. The summed E-state index contributed by atoms with van der Waals surface area (Å²) in [6, 6.07) is 15.0. The maximum atomic E-state index is 13.1. The van der Waals surface area contributed by atoms with Gasteiger partial charge in [-0.25, -0.2) is 16.8 Å². The first kappa shape index (κ1) is 21.6. The summed E-state index contributed by atoms with van der Waals surface area (Å²) in [4.78, 5) is -0.123. The maximum Gasteiger partial charge on any atom is 0.195 e. The zero-order valence-electron chi connectivity index (χ0n) is 15.1. The number of aliphatic hydroxyl groups is 1. The fraction of sp³-hybridized carbons (Fsp3) is 0.368. The Morgan fingerprint density at radius 2 is 1.26 bits per heavy atom. The van der Waals surface area contributed by atoms with Gasteiger partial charge in [0.2, 0.25) is 0 Å². The zero-order chi connectivity index (χ0) is 19.9. The van der Waals surface area contributed by atoms with Gasteiger partial charge < -0.3 is 9.84 Å². The number of hydrogen-bond acceptors (Lipinski definition) is 6. The first-order valence-electron chi connectivity index (χ1n) is 8.64. The molecule has 6 nitrogen and oxygen atoms in total. The van der Waals surface area contributed by atoms with E-state index in [0.717, 1.165) is 0 Å². The molecule has 0 aliphatic carbocycles. The molecular weight excluding hydrogens is 388 g/mol. The maximum absolute atomic E-state index is 13.1. The molecule has 0 aromatic heterocycles. The molecule has 0 amide bonds. The Labute approximate surface area is 160 Å². The molecule has 1 atom stereocenters. The lowest BCUT2D eigenvalue weighted by atomic mass is 10.2. The second-order valence-electron chi connectivity index (χ2n) is 6.04. The quantitative estimate of drug-likeness (QED) is 0.644. The van der Waals surface area contributed by atoms with Crippen molar-refractivity contribution >= 4 is 19.7 Å². The van der Waals surface area contributed by atoms with E-state index in [2.05, 4.69) is 0 Å². The highest BCUT2D eigenvalue weighted by atomic mass is 32.3. The van der Waals surface area contributed by atoms with Crippen LogP contribution in [0.2, 0.25) is 0 Å². The molecule has 0 fully saturated rings. The van der Waals surface area contributed by atoms with Crippen LogP contribution < -0.4 is 0 Å². The lowest BCUT2D eigenvalue weighted by molar-refractivity contribution is 0.0376.